The molecule has 35 heavy (non-hydrogen) atoms. The summed E-state index contributed by atoms with van der Waals surface area (Å²) < 4.78 is 40.0. The van der Waals surface area contributed by atoms with E-state index in [-0.39, 0.29) is 36.8 Å². The van der Waals surface area contributed by atoms with E-state index in [4.69, 9.17) is 32.7 Å². The SMILES string of the molecule is C=CCn1c(=NC(=O)c2ccc(S(=O)(=O)N(CCOC)CCOC)cc2)sc2ccc(Cl)c(Cl)c21. The molecular weight excluding hydrogens is 533 g/mol. The van der Waals surface area contributed by atoms with E-state index in [1.807, 2.05) is 6.07 Å². The molecule has 0 aliphatic rings. The van der Waals surface area contributed by atoms with Crippen LogP contribution in [0.15, 0.2) is 58.9 Å². The highest BCUT2D eigenvalue weighted by Crippen LogP contribution is 2.32. The van der Waals surface area contributed by atoms with Crippen LogP contribution in [0.1, 0.15) is 10.4 Å². The van der Waals surface area contributed by atoms with E-state index >= 15 is 0 Å². The van der Waals surface area contributed by atoms with Crippen molar-refractivity contribution in [2.75, 3.05) is 40.5 Å². The third-order valence-corrected chi connectivity index (χ3v) is 8.82. The molecule has 0 saturated carbocycles. The summed E-state index contributed by atoms with van der Waals surface area (Å²) in [4.78, 5) is 17.7. The summed E-state index contributed by atoms with van der Waals surface area (Å²) in [6.07, 6.45) is 1.67. The second kappa shape index (κ2) is 12.3. The lowest BCUT2D eigenvalue weighted by Crippen LogP contribution is -2.36. The maximum Gasteiger partial charge on any atom is 0.279 e. The quantitative estimate of drug-likeness (QED) is 0.329. The van der Waals surface area contributed by atoms with Crippen LogP contribution < -0.4 is 4.80 Å². The van der Waals surface area contributed by atoms with Gasteiger partial charge in [-0.05, 0) is 36.4 Å². The number of carbonyl (C=O) groups excluding carboxylic acids is 1. The monoisotopic (exact) mass is 557 g/mol. The number of aromatic nitrogens is 1. The molecule has 12 heteroatoms. The molecule has 0 N–H and O–H groups in total. The molecule has 0 bridgehead atoms. The average Bonchev–Trinajstić information content (AvgIpc) is 3.19. The van der Waals surface area contributed by atoms with Gasteiger partial charge in [0.2, 0.25) is 10.0 Å². The van der Waals surface area contributed by atoms with E-state index in [1.165, 1.54) is 54.1 Å². The minimum Gasteiger partial charge on any atom is -0.383 e. The molecule has 0 unspecified atom stereocenters. The summed E-state index contributed by atoms with van der Waals surface area (Å²) in [6, 6.07) is 9.18. The molecule has 0 atom stereocenters. The molecule has 0 radical (unpaired) electrons. The molecule has 0 spiro atoms. The fourth-order valence-electron chi connectivity index (χ4n) is 3.30. The van der Waals surface area contributed by atoms with Crippen molar-refractivity contribution in [1.29, 1.82) is 0 Å². The molecule has 3 rings (SSSR count). The highest BCUT2D eigenvalue weighted by atomic mass is 35.5. The number of methoxy groups -OCH3 is 2. The molecule has 1 aromatic heterocycles. The van der Waals surface area contributed by atoms with E-state index in [9.17, 15) is 13.2 Å². The van der Waals surface area contributed by atoms with Crippen LogP contribution in [-0.4, -0.2) is 63.7 Å². The van der Waals surface area contributed by atoms with Crippen molar-refractivity contribution >= 4 is 60.7 Å². The number of sulfonamides is 1. The van der Waals surface area contributed by atoms with E-state index in [0.717, 1.165) is 4.70 Å². The van der Waals surface area contributed by atoms with E-state index in [0.29, 0.717) is 26.9 Å². The number of carbonyl (C=O) groups is 1. The first-order valence-electron chi connectivity index (χ1n) is 10.5. The number of ether oxygens (including phenoxy) is 2. The summed E-state index contributed by atoms with van der Waals surface area (Å²) in [5.41, 5.74) is 0.917. The lowest BCUT2D eigenvalue weighted by Gasteiger charge is -2.21. The Morgan fingerprint density at radius 1 is 1.11 bits per heavy atom. The third-order valence-electron chi connectivity index (χ3n) is 5.07. The van der Waals surface area contributed by atoms with Crippen LogP contribution in [0, 0.1) is 0 Å². The van der Waals surface area contributed by atoms with Gasteiger partial charge in [0.05, 0.1) is 38.4 Å². The molecule has 2 aromatic carbocycles. The second-order valence-electron chi connectivity index (χ2n) is 7.32. The predicted octanol–water partition coefficient (Wildman–Crippen LogP) is 4.22. The Balaban J connectivity index is 1.95. The molecule has 8 nitrogen and oxygen atoms in total. The summed E-state index contributed by atoms with van der Waals surface area (Å²) in [7, 11) is -0.790. The number of fused-ring (bicyclic) bond motifs is 1. The van der Waals surface area contributed by atoms with Gasteiger partial charge in [0.25, 0.3) is 5.91 Å². The summed E-state index contributed by atoms with van der Waals surface area (Å²) >= 11 is 13.9. The number of benzene rings is 2. The fraction of sp³-hybridized carbons (Fsp3) is 0.304. The van der Waals surface area contributed by atoms with E-state index in [2.05, 4.69) is 11.6 Å². The third kappa shape index (κ3) is 6.21. The number of rotatable bonds is 11. The molecule has 1 heterocycles. The topological polar surface area (TPSA) is 90.2 Å². The van der Waals surface area contributed by atoms with Gasteiger partial charge in [-0.25, -0.2) is 8.42 Å². The van der Waals surface area contributed by atoms with Crippen molar-refractivity contribution in [3.63, 3.8) is 0 Å². The molecule has 0 fully saturated rings. The number of thiazole rings is 1. The number of hydrogen-bond donors (Lipinski definition) is 0. The minimum absolute atomic E-state index is 0.0614. The van der Waals surface area contributed by atoms with Crippen LogP contribution >= 0.6 is 34.5 Å². The zero-order valence-electron chi connectivity index (χ0n) is 19.2. The summed E-state index contributed by atoms with van der Waals surface area (Å²) in [6.45, 7) is 4.99. The van der Waals surface area contributed by atoms with Crippen molar-refractivity contribution in [2.24, 2.45) is 4.99 Å². The van der Waals surface area contributed by atoms with Crippen LogP contribution in [-0.2, 0) is 26.0 Å². The van der Waals surface area contributed by atoms with Gasteiger partial charge >= 0.3 is 0 Å². The highest BCUT2D eigenvalue weighted by Gasteiger charge is 2.24. The van der Waals surface area contributed by atoms with E-state index < -0.39 is 15.9 Å². The van der Waals surface area contributed by atoms with Crippen LogP contribution in [0.3, 0.4) is 0 Å². The number of amides is 1. The van der Waals surface area contributed by atoms with Crippen molar-refractivity contribution in [1.82, 2.24) is 8.87 Å². The van der Waals surface area contributed by atoms with Crippen LogP contribution in [0.2, 0.25) is 10.0 Å². The predicted molar refractivity (Wildman–Crippen MR) is 139 cm³/mol. The normalized spacial score (nSPS) is 12.5. The Hall–Kier alpha value is -2.05. The molecule has 0 saturated heterocycles. The van der Waals surface area contributed by atoms with Gasteiger partial charge < -0.3 is 14.0 Å². The van der Waals surface area contributed by atoms with Gasteiger partial charge in [-0.15, -0.1) is 6.58 Å². The first-order valence-corrected chi connectivity index (χ1v) is 13.5. The molecule has 1 amide bonds. The van der Waals surface area contributed by atoms with Gasteiger partial charge in [-0.1, -0.05) is 40.6 Å². The lowest BCUT2D eigenvalue weighted by atomic mass is 10.2. The number of nitrogens with zero attached hydrogens (tertiary/aromatic N) is 3. The highest BCUT2D eigenvalue weighted by molar-refractivity contribution is 7.89. The van der Waals surface area contributed by atoms with Gasteiger partial charge in [-0.3, -0.25) is 4.79 Å². The number of halogens is 2. The van der Waals surface area contributed by atoms with Crippen molar-refractivity contribution in [2.45, 2.75) is 11.4 Å². The van der Waals surface area contributed by atoms with E-state index in [1.54, 1.807) is 16.7 Å². The molecule has 188 valence electrons. The average molecular weight is 559 g/mol. The maximum absolute atomic E-state index is 13.1. The zero-order chi connectivity index (χ0) is 25.6. The van der Waals surface area contributed by atoms with Crippen LogP contribution in [0.25, 0.3) is 10.2 Å². The van der Waals surface area contributed by atoms with Crippen LogP contribution in [0.5, 0.6) is 0 Å². The second-order valence-corrected chi connectivity index (χ2v) is 11.1. The van der Waals surface area contributed by atoms with Gasteiger partial charge in [0, 0.05) is 39.4 Å². The number of hydrogen-bond acceptors (Lipinski definition) is 6. The first-order chi connectivity index (χ1) is 16.7. The Labute approximate surface area is 218 Å². The maximum atomic E-state index is 13.1. The summed E-state index contributed by atoms with van der Waals surface area (Å²) in [5, 5.41) is 0.770. The Morgan fingerprint density at radius 2 is 1.74 bits per heavy atom. The lowest BCUT2D eigenvalue weighted by molar-refractivity contribution is 0.0997. The standard InChI is InChI=1S/C23H25Cl2N3O5S2/c1-4-11-28-21-19(10-9-18(24)20(21)25)34-23(28)26-22(29)16-5-7-17(8-6-16)35(30,31)27(12-14-32-2)13-15-33-3/h4-10H,1,11-15H2,2-3H3. The van der Waals surface area contributed by atoms with Gasteiger partial charge in [-0.2, -0.15) is 9.30 Å². The van der Waals surface area contributed by atoms with Gasteiger partial charge in [0.1, 0.15) is 0 Å². The van der Waals surface area contributed by atoms with Crippen molar-refractivity contribution in [3.05, 3.63) is 69.5 Å². The van der Waals surface area contributed by atoms with Crippen molar-refractivity contribution in [3.8, 4) is 0 Å². The van der Waals surface area contributed by atoms with Crippen LogP contribution in [0.4, 0.5) is 0 Å². The Bertz CT molecular complexity index is 1370. The first kappa shape index (κ1) is 27.5. The minimum atomic E-state index is -3.80. The fourth-order valence-corrected chi connectivity index (χ4v) is 6.22. The molecular formula is C23H25Cl2N3O5S2. The molecule has 0 aliphatic carbocycles. The Kier molecular flexibility index (Phi) is 9.65. The number of allylic oxidation sites excluding steroid dienone is 1. The van der Waals surface area contributed by atoms with Gasteiger partial charge in [0.15, 0.2) is 4.80 Å². The zero-order valence-corrected chi connectivity index (χ0v) is 22.4. The summed E-state index contributed by atoms with van der Waals surface area (Å²) in [5.74, 6) is -0.517. The smallest absolute Gasteiger partial charge is 0.279 e. The van der Waals surface area contributed by atoms with Crippen molar-refractivity contribution < 1.29 is 22.7 Å². The largest absolute Gasteiger partial charge is 0.383 e. The molecule has 0 aliphatic heterocycles. The Morgan fingerprint density at radius 3 is 2.31 bits per heavy atom. The molecule has 3 aromatic rings.